The van der Waals surface area contributed by atoms with Gasteiger partial charge in [-0.2, -0.15) is 0 Å². The van der Waals surface area contributed by atoms with Gasteiger partial charge in [-0.1, -0.05) is 23.7 Å². The van der Waals surface area contributed by atoms with E-state index in [4.69, 9.17) is 25.1 Å². The van der Waals surface area contributed by atoms with Gasteiger partial charge in [0.05, 0.1) is 30.5 Å². The van der Waals surface area contributed by atoms with Crippen LogP contribution >= 0.6 is 19.2 Å². The number of hydrogen-bond acceptors (Lipinski definition) is 9. The van der Waals surface area contributed by atoms with Gasteiger partial charge >= 0.3 is 7.60 Å². The molecule has 1 aliphatic heterocycles. The van der Waals surface area contributed by atoms with E-state index in [1.165, 1.54) is 6.07 Å². The molecule has 0 bridgehead atoms. The van der Waals surface area contributed by atoms with Crippen LogP contribution in [0.5, 0.6) is 11.5 Å². The summed E-state index contributed by atoms with van der Waals surface area (Å²) in [5, 5.41) is 32.7. The van der Waals surface area contributed by atoms with Crippen molar-refractivity contribution in [3.63, 3.8) is 0 Å². The van der Waals surface area contributed by atoms with E-state index in [1.54, 1.807) is 38.1 Å². The van der Waals surface area contributed by atoms with Crippen LogP contribution in [0.15, 0.2) is 45.6 Å². The Morgan fingerprint density at radius 1 is 1.14 bits per heavy atom. The number of β-amino-alcohol motifs (C(OH)–C–C–N with tert-alkyl or cyclic N) is 1. The summed E-state index contributed by atoms with van der Waals surface area (Å²) in [6, 6.07) is 9.21. The molecule has 2 heterocycles. The fraction of sp³-hybridized carbons (Fsp3) is 0.423. The second-order valence-corrected chi connectivity index (χ2v) is 11.5. The monoisotopic (exact) mass is 551 g/mol. The maximum Gasteiger partial charge on any atom is 0.331 e. The number of likely N-dealkylation sites (tertiary alicyclic amines) is 1. The van der Waals surface area contributed by atoms with E-state index >= 15 is 0 Å². The van der Waals surface area contributed by atoms with E-state index in [9.17, 15) is 24.7 Å². The third-order valence-electron chi connectivity index (χ3n) is 6.52. The first-order valence-corrected chi connectivity index (χ1v) is 14.3. The second-order valence-electron chi connectivity index (χ2n) is 8.92. The summed E-state index contributed by atoms with van der Waals surface area (Å²) in [4.78, 5) is 15.0. The zero-order chi connectivity index (χ0) is 26.7. The fourth-order valence-corrected chi connectivity index (χ4v) is 6.71. The predicted molar refractivity (Wildman–Crippen MR) is 142 cm³/mol. The molecular formula is C26H31ClNO8P. The Hall–Kier alpha value is -2.39. The standard InChI is InChI=1S/C26H31ClNO8P/c1-3-34-37(33,35-4-2)12-11-28-10-9-17(22(32)15-28)24-19(29)13-20(30)25-21(31)14-23(36-26(24)25)16-7-5-6-8-18(16)27/h5-8,13-14,17,22,29-30,32H,3-4,9-12,15H2,1-2H3/t17-,22+/m0/s1. The smallest absolute Gasteiger partial charge is 0.331 e. The number of piperidine rings is 1. The fourth-order valence-electron chi connectivity index (χ4n) is 4.83. The van der Waals surface area contributed by atoms with Crippen LogP contribution in [0.25, 0.3) is 22.3 Å². The molecule has 0 aliphatic carbocycles. The van der Waals surface area contributed by atoms with Crippen molar-refractivity contribution in [2.24, 2.45) is 0 Å². The largest absolute Gasteiger partial charge is 0.507 e. The number of phenolic OH excluding ortho intramolecular Hbond substituents is 2. The summed E-state index contributed by atoms with van der Waals surface area (Å²) < 4.78 is 29.6. The first kappa shape index (κ1) is 27.6. The highest BCUT2D eigenvalue weighted by atomic mass is 35.5. The lowest BCUT2D eigenvalue weighted by Crippen LogP contribution is -2.44. The number of rotatable bonds is 9. The molecule has 2 aromatic carbocycles. The van der Waals surface area contributed by atoms with Gasteiger partial charge in [0, 0.05) is 42.3 Å². The zero-order valence-corrected chi connectivity index (χ0v) is 22.4. The van der Waals surface area contributed by atoms with Gasteiger partial charge in [-0.05, 0) is 38.9 Å². The molecule has 3 aromatic rings. The van der Waals surface area contributed by atoms with Gasteiger partial charge < -0.3 is 33.7 Å². The van der Waals surface area contributed by atoms with Gasteiger partial charge in [0.25, 0.3) is 0 Å². The molecule has 0 unspecified atom stereocenters. The molecule has 1 aromatic heterocycles. The number of hydrogen-bond donors (Lipinski definition) is 3. The Balaban J connectivity index is 1.65. The molecule has 200 valence electrons. The number of fused-ring (bicyclic) bond motifs is 1. The summed E-state index contributed by atoms with van der Waals surface area (Å²) in [6.07, 6.45) is -0.321. The Bertz CT molecular complexity index is 1370. The average Bonchev–Trinajstić information content (AvgIpc) is 2.84. The van der Waals surface area contributed by atoms with Gasteiger partial charge in [-0.15, -0.1) is 0 Å². The molecule has 37 heavy (non-hydrogen) atoms. The average molecular weight is 552 g/mol. The van der Waals surface area contributed by atoms with Crippen LogP contribution in [-0.4, -0.2) is 65.3 Å². The zero-order valence-electron chi connectivity index (χ0n) is 20.7. The van der Waals surface area contributed by atoms with Gasteiger partial charge in [-0.25, -0.2) is 0 Å². The normalized spacial score (nSPS) is 18.9. The predicted octanol–water partition coefficient (Wildman–Crippen LogP) is 4.94. The molecule has 1 saturated heterocycles. The number of nitrogens with zero attached hydrogens (tertiary/aromatic N) is 1. The number of aliphatic hydroxyl groups is 1. The molecule has 0 spiro atoms. The van der Waals surface area contributed by atoms with E-state index < -0.39 is 30.8 Å². The highest BCUT2D eigenvalue weighted by Crippen LogP contribution is 2.48. The molecule has 0 saturated carbocycles. The molecule has 0 amide bonds. The van der Waals surface area contributed by atoms with Crippen LogP contribution in [-0.2, 0) is 13.6 Å². The van der Waals surface area contributed by atoms with E-state index in [0.29, 0.717) is 30.1 Å². The first-order valence-electron chi connectivity index (χ1n) is 12.2. The lowest BCUT2D eigenvalue weighted by molar-refractivity contribution is 0.0526. The van der Waals surface area contributed by atoms with Crippen LogP contribution in [0.2, 0.25) is 5.02 Å². The summed E-state index contributed by atoms with van der Waals surface area (Å²) in [5.74, 6) is -1.08. The number of halogens is 1. The number of phenols is 2. The van der Waals surface area contributed by atoms with E-state index in [1.807, 2.05) is 4.90 Å². The lowest BCUT2D eigenvalue weighted by Gasteiger charge is -2.36. The topological polar surface area (TPSA) is 130 Å². The molecule has 4 rings (SSSR count). The molecular weight excluding hydrogens is 521 g/mol. The van der Waals surface area contributed by atoms with Crippen molar-refractivity contribution in [2.75, 3.05) is 39.0 Å². The molecule has 2 atom stereocenters. The van der Waals surface area contributed by atoms with Crippen molar-refractivity contribution < 1.29 is 33.3 Å². The molecule has 1 fully saturated rings. The van der Waals surface area contributed by atoms with Gasteiger partial charge in [-0.3, -0.25) is 9.36 Å². The van der Waals surface area contributed by atoms with E-state index in [2.05, 4.69) is 0 Å². The third-order valence-corrected chi connectivity index (χ3v) is 8.90. The third kappa shape index (κ3) is 5.87. The van der Waals surface area contributed by atoms with Crippen molar-refractivity contribution in [1.29, 1.82) is 0 Å². The number of aromatic hydroxyl groups is 2. The van der Waals surface area contributed by atoms with Crippen molar-refractivity contribution in [3.8, 4) is 22.8 Å². The van der Waals surface area contributed by atoms with Crippen molar-refractivity contribution in [3.05, 3.63) is 57.2 Å². The van der Waals surface area contributed by atoms with Crippen LogP contribution in [0.1, 0.15) is 31.7 Å². The minimum Gasteiger partial charge on any atom is -0.507 e. The van der Waals surface area contributed by atoms with E-state index in [-0.39, 0.29) is 54.0 Å². The van der Waals surface area contributed by atoms with Crippen LogP contribution in [0.4, 0.5) is 0 Å². The minimum absolute atomic E-state index is 0.00890. The molecule has 9 nitrogen and oxygen atoms in total. The maximum absolute atomic E-state index is 13.0. The Morgan fingerprint density at radius 3 is 2.49 bits per heavy atom. The highest BCUT2D eigenvalue weighted by molar-refractivity contribution is 7.53. The SMILES string of the molecule is CCOP(=O)(CCN1CC[C@H](c2c(O)cc(O)c3c(=O)cc(-c4ccccc4Cl)oc23)[C@H](O)C1)OCC. The maximum atomic E-state index is 13.0. The van der Waals surface area contributed by atoms with Crippen molar-refractivity contribution in [2.45, 2.75) is 32.3 Å². The Morgan fingerprint density at radius 2 is 1.84 bits per heavy atom. The number of benzene rings is 2. The Kier molecular flexibility index (Phi) is 8.63. The van der Waals surface area contributed by atoms with Crippen molar-refractivity contribution in [1.82, 2.24) is 4.90 Å². The first-order chi connectivity index (χ1) is 17.7. The number of aliphatic hydroxyl groups excluding tert-OH is 1. The molecule has 3 N–H and O–H groups in total. The lowest BCUT2D eigenvalue weighted by atomic mass is 9.85. The summed E-state index contributed by atoms with van der Waals surface area (Å²) >= 11 is 6.31. The van der Waals surface area contributed by atoms with Crippen LogP contribution < -0.4 is 5.43 Å². The van der Waals surface area contributed by atoms with Gasteiger partial charge in [0.2, 0.25) is 0 Å². The Labute approximate surface area is 219 Å². The second kappa shape index (κ2) is 11.6. The van der Waals surface area contributed by atoms with Crippen LogP contribution in [0, 0.1) is 0 Å². The van der Waals surface area contributed by atoms with Gasteiger partial charge in [0.15, 0.2) is 5.43 Å². The quantitative estimate of drug-likeness (QED) is 0.316. The van der Waals surface area contributed by atoms with Crippen LogP contribution in [0.3, 0.4) is 0 Å². The molecule has 1 aliphatic rings. The summed E-state index contributed by atoms with van der Waals surface area (Å²) in [6.45, 7) is 5.22. The summed E-state index contributed by atoms with van der Waals surface area (Å²) in [5.41, 5.74) is 0.250. The molecule has 11 heteroatoms. The highest BCUT2D eigenvalue weighted by Gasteiger charge is 2.35. The van der Waals surface area contributed by atoms with Gasteiger partial charge in [0.1, 0.15) is 28.2 Å². The van der Waals surface area contributed by atoms with Crippen molar-refractivity contribution >= 4 is 30.2 Å². The minimum atomic E-state index is -3.22. The molecule has 0 radical (unpaired) electrons. The van der Waals surface area contributed by atoms with E-state index in [0.717, 1.165) is 6.07 Å². The summed E-state index contributed by atoms with van der Waals surface area (Å²) in [7, 11) is -3.22.